The fraction of sp³-hybridized carbons (Fsp3) is 0.529. The Morgan fingerprint density at radius 3 is 2.68 bits per heavy atom. The van der Waals surface area contributed by atoms with Crippen LogP contribution in [0.5, 0.6) is 0 Å². The van der Waals surface area contributed by atoms with Crippen molar-refractivity contribution < 1.29 is 4.42 Å². The maximum atomic E-state index is 5.35. The van der Waals surface area contributed by atoms with E-state index in [-0.39, 0.29) is 0 Å². The molecule has 5 rings (SSSR count). The SMILES string of the molecule is c1coc(CN2CCC(c3nnc4ccc(N5CCC5)nn34)CC2)n1. The second-order valence-corrected chi connectivity index (χ2v) is 6.84. The van der Waals surface area contributed by atoms with Crippen molar-refractivity contribution in [2.75, 3.05) is 31.1 Å². The van der Waals surface area contributed by atoms with Gasteiger partial charge in [-0.25, -0.2) is 4.98 Å². The lowest BCUT2D eigenvalue weighted by Gasteiger charge is -2.32. The monoisotopic (exact) mass is 339 g/mol. The van der Waals surface area contributed by atoms with Gasteiger partial charge < -0.3 is 9.32 Å². The van der Waals surface area contributed by atoms with E-state index in [1.807, 2.05) is 16.6 Å². The van der Waals surface area contributed by atoms with E-state index in [0.717, 1.165) is 68.7 Å². The first kappa shape index (κ1) is 14.8. The van der Waals surface area contributed by atoms with Gasteiger partial charge in [-0.05, 0) is 44.5 Å². The summed E-state index contributed by atoms with van der Waals surface area (Å²) in [6.07, 6.45) is 6.68. The Hall–Kier alpha value is -2.48. The largest absolute Gasteiger partial charge is 0.448 e. The van der Waals surface area contributed by atoms with Gasteiger partial charge in [-0.1, -0.05) is 0 Å². The topological polar surface area (TPSA) is 75.6 Å². The first-order chi connectivity index (χ1) is 12.4. The predicted molar refractivity (Wildman–Crippen MR) is 91.4 cm³/mol. The Kier molecular flexibility index (Phi) is 3.62. The Morgan fingerprint density at radius 2 is 1.96 bits per heavy atom. The molecular formula is C17H21N7O. The van der Waals surface area contributed by atoms with E-state index in [1.165, 1.54) is 6.42 Å². The second kappa shape index (κ2) is 6.11. The van der Waals surface area contributed by atoms with Crippen molar-refractivity contribution in [3.63, 3.8) is 0 Å². The molecule has 25 heavy (non-hydrogen) atoms. The molecule has 130 valence electrons. The quantitative estimate of drug-likeness (QED) is 0.716. The molecule has 3 aromatic heterocycles. The second-order valence-electron chi connectivity index (χ2n) is 6.84. The van der Waals surface area contributed by atoms with Crippen LogP contribution in [0, 0.1) is 0 Å². The summed E-state index contributed by atoms with van der Waals surface area (Å²) >= 11 is 0. The van der Waals surface area contributed by atoms with Crippen LogP contribution in [0.25, 0.3) is 5.65 Å². The Morgan fingerprint density at radius 1 is 1.08 bits per heavy atom. The molecule has 0 spiro atoms. The van der Waals surface area contributed by atoms with E-state index >= 15 is 0 Å². The highest BCUT2D eigenvalue weighted by atomic mass is 16.3. The average molecular weight is 339 g/mol. The van der Waals surface area contributed by atoms with E-state index in [9.17, 15) is 0 Å². The molecule has 0 bridgehead atoms. The Balaban J connectivity index is 1.32. The summed E-state index contributed by atoms with van der Waals surface area (Å²) in [5.41, 5.74) is 0.835. The first-order valence-electron chi connectivity index (χ1n) is 8.95. The summed E-state index contributed by atoms with van der Waals surface area (Å²) in [6.45, 7) is 4.98. The van der Waals surface area contributed by atoms with Gasteiger partial charge in [0.05, 0.1) is 12.7 Å². The molecule has 0 aliphatic carbocycles. The van der Waals surface area contributed by atoms with Gasteiger partial charge in [0.2, 0.25) is 5.89 Å². The van der Waals surface area contributed by atoms with Crippen LogP contribution < -0.4 is 4.90 Å². The lowest BCUT2D eigenvalue weighted by molar-refractivity contribution is 0.184. The van der Waals surface area contributed by atoms with Gasteiger partial charge in [0.1, 0.15) is 12.1 Å². The zero-order chi connectivity index (χ0) is 16.6. The van der Waals surface area contributed by atoms with E-state index in [0.29, 0.717) is 5.92 Å². The number of oxazole rings is 1. The molecule has 2 fully saturated rings. The van der Waals surface area contributed by atoms with Crippen molar-refractivity contribution in [1.29, 1.82) is 0 Å². The molecule has 8 nitrogen and oxygen atoms in total. The molecule has 0 N–H and O–H groups in total. The third-order valence-corrected chi connectivity index (χ3v) is 5.25. The molecule has 2 aliphatic heterocycles. The number of aromatic nitrogens is 5. The minimum atomic E-state index is 0.398. The van der Waals surface area contributed by atoms with Gasteiger partial charge >= 0.3 is 0 Å². The predicted octanol–water partition coefficient (Wildman–Crippen LogP) is 1.70. The molecule has 8 heteroatoms. The molecule has 5 heterocycles. The first-order valence-corrected chi connectivity index (χ1v) is 8.95. The van der Waals surface area contributed by atoms with Crippen LogP contribution in [0.1, 0.15) is 36.9 Å². The fourth-order valence-electron chi connectivity index (χ4n) is 3.64. The molecular weight excluding hydrogens is 318 g/mol. The van der Waals surface area contributed by atoms with Crippen molar-refractivity contribution >= 4 is 11.5 Å². The standard InChI is InChI=1S/C17H21N7O/c1-7-23(8-1)15-3-2-14-19-20-17(24(14)21-15)13-4-9-22(10-5-13)12-16-18-6-11-25-16/h2-3,6,11,13H,1,4-5,7-10,12H2. The number of rotatable bonds is 4. The lowest BCUT2D eigenvalue weighted by atomic mass is 9.96. The van der Waals surface area contributed by atoms with Crippen LogP contribution in [0.4, 0.5) is 5.82 Å². The molecule has 0 aromatic carbocycles. The molecule has 2 saturated heterocycles. The summed E-state index contributed by atoms with van der Waals surface area (Å²) in [6, 6.07) is 4.07. The number of likely N-dealkylation sites (tertiary alicyclic amines) is 1. The van der Waals surface area contributed by atoms with E-state index in [2.05, 4.69) is 25.0 Å². The zero-order valence-corrected chi connectivity index (χ0v) is 14.1. The summed E-state index contributed by atoms with van der Waals surface area (Å²) in [7, 11) is 0. The number of hydrogen-bond donors (Lipinski definition) is 0. The number of anilines is 1. The van der Waals surface area contributed by atoms with Crippen molar-refractivity contribution in [2.45, 2.75) is 31.7 Å². The van der Waals surface area contributed by atoms with Gasteiger partial charge in [-0.15, -0.1) is 15.3 Å². The Labute approximate surface area is 145 Å². The Bertz CT molecular complexity index is 847. The maximum absolute atomic E-state index is 5.35. The highest BCUT2D eigenvalue weighted by Gasteiger charge is 2.26. The minimum absolute atomic E-state index is 0.398. The van der Waals surface area contributed by atoms with Gasteiger partial charge in [0, 0.05) is 19.0 Å². The summed E-state index contributed by atoms with van der Waals surface area (Å²) in [5.74, 6) is 3.21. The third kappa shape index (κ3) is 2.76. The van der Waals surface area contributed by atoms with E-state index < -0.39 is 0 Å². The minimum Gasteiger partial charge on any atom is -0.448 e. The fourth-order valence-corrected chi connectivity index (χ4v) is 3.64. The number of nitrogens with zero attached hydrogens (tertiary/aromatic N) is 7. The van der Waals surface area contributed by atoms with Crippen LogP contribution in [0.3, 0.4) is 0 Å². The molecule has 0 unspecified atom stereocenters. The number of fused-ring (bicyclic) bond motifs is 1. The summed E-state index contributed by atoms with van der Waals surface area (Å²) < 4.78 is 7.30. The molecule has 0 atom stereocenters. The normalized spacial score (nSPS) is 19.4. The highest BCUT2D eigenvalue weighted by molar-refractivity contribution is 5.47. The highest BCUT2D eigenvalue weighted by Crippen LogP contribution is 2.28. The molecule has 2 aliphatic rings. The van der Waals surface area contributed by atoms with Crippen molar-refractivity contribution in [3.8, 4) is 0 Å². The third-order valence-electron chi connectivity index (χ3n) is 5.25. The number of hydrogen-bond acceptors (Lipinski definition) is 7. The molecule has 0 radical (unpaired) electrons. The lowest BCUT2D eigenvalue weighted by Crippen LogP contribution is -2.38. The summed E-state index contributed by atoms with van der Waals surface area (Å²) in [4.78, 5) is 8.88. The average Bonchev–Trinajstić information content (AvgIpc) is 3.23. The molecule has 3 aromatic rings. The van der Waals surface area contributed by atoms with Gasteiger partial charge in [0.15, 0.2) is 11.5 Å². The van der Waals surface area contributed by atoms with Crippen molar-refractivity contribution in [2.24, 2.45) is 0 Å². The van der Waals surface area contributed by atoms with Crippen LogP contribution >= 0.6 is 0 Å². The van der Waals surface area contributed by atoms with Crippen LogP contribution in [-0.4, -0.2) is 55.9 Å². The van der Waals surface area contributed by atoms with Gasteiger partial charge in [-0.3, -0.25) is 4.90 Å². The molecule has 0 amide bonds. The van der Waals surface area contributed by atoms with E-state index in [4.69, 9.17) is 9.52 Å². The maximum Gasteiger partial charge on any atom is 0.208 e. The number of piperidine rings is 1. The van der Waals surface area contributed by atoms with Gasteiger partial charge in [-0.2, -0.15) is 4.52 Å². The van der Waals surface area contributed by atoms with Crippen LogP contribution in [0.15, 0.2) is 29.0 Å². The smallest absolute Gasteiger partial charge is 0.208 e. The molecule has 0 saturated carbocycles. The summed E-state index contributed by atoms with van der Waals surface area (Å²) in [5, 5.41) is 13.5. The van der Waals surface area contributed by atoms with Gasteiger partial charge in [0.25, 0.3) is 0 Å². The van der Waals surface area contributed by atoms with E-state index in [1.54, 1.807) is 12.5 Å². The van der Waals surface area contributed by atoms with Crippen molar-refractivity contribution in [3.05, 3.63) is 36.3 Å². The zero-order valence-electron chi connectivity index (χ0n) is 14.1. The van der Waals surface area contributed by atoms with Crippen molar-refractivity contribution in [1.82, 2.24) is 29.7 Å². The van der Waals surface area contributed by atoms with Crippen LogP contribution in [0.2, 0.25) is 0 Å². The van der Waals surface area contributed by atoms with Crippen LogP contribution in [-0.2, 0) is 6.54 Å².